The Morgan fingerprint density at radius 1 is 1.32 bits per heavy atom. The average Bonchev–Trinajstić information content (AvgIpc) is 2.70. The van der Waals surface area contributed by atoms with Crippen molar-refractivity contribution in [3.05, 3.63) is 0 Å². The van der Waals surface area contributed by atoms with Crippen molar-refractivity contribution in [1.29, 1.82) is 0 Å². The second kappa shape index (κ2) is 8.21. The van der Waals surface area contributed by atoms with Crippen molar-refractivity contribution in [2.75, 3.05) is 19.6 Å². The fourth-order valence-electron chi connectivity index (χ4n) is 2.13. The minimum absolute atomic E-state index is 0. The monoisotopic (exact) mass is 426 g/mol. The Morgan fingerprint density at radius 3 is 2.41 bits per heavy atom. The van der Waals surface area contributed by atoms with Gasteiger partial charge >= 0.3 is 6.09 Å². The molecule has 0 aromatic heterocycles. The van der Waals surface area contributed by atoms with Gasteiger partial charge in [-0.15, -0.1) is 24.0 Å². The Labute approximate surface area is 151 Å². The lowest BCUT2D eigenvalue weighted by molar-refractivity contribution is 0.0289. The zero-order valence-electron chi connectivity index (χ0n) is 14.6. The first-order chi connectivity index (χ1) is 9.46. The number of halogens is 1. The molecule has 1 aliphatic rings. The molecule has 1 saturated heterocycles. The van der Waals surface area contributed by atoms with E-state index in [2.05, 4.69) is 10.3 Å². The van der Waals surface area contributed by atoms with Crippen LogP contribution < -0.4 is 11.1 Å². The van der Waals surface area contributed by atoms with Gasteiger partial charge in [-0.2, -0.15) is 0 Å². The van der Waals surface area contributed by atoms with E-state index in [1.54, 1.807) is 4.90 Å². The molecule has 0 aromatic carbocycles. The molecule has 1 heterocycles. The van der Waals surface area contributed by atoms with Crippen LogP contribution in [0.3, 0.4) is 0 Å². The van der Waals surface area contributed by atoms with E-state index in [4.69, 9.17) is 10.5 Å². The molecular weight excluding hydrogens is 395 g/mol. The molecule has 7 heteroatoms. The van der Waals surface area contributed by atoms with Crippen LogP contribution in [0.5, 0.6) is 0 Å². The van der Waals surface area contributed by atoms with Gasteiger partial charge in [-0.25, -0.2) is 4.79 Å². The molecule has 0 aromatic rings. The largest absolute Gasteiger partial charge is 0.444 e. The van der Waals surface area contributed by atoms with Crippen LogP contribution in [-0.2, 0) is 4.74 Å². The van der Waals surface area contributed by atoms with Gasteiger partial charge in [0.05, 0.1) is 0 Å². The number of aliphatic imine (C=N–C) groups is 1. The highest BCUT2D eigenvalue weighted by Gasteiger charge is 2.29. The number of carbonyl (C=O) groups is 1. The normalized spacial score (nSPS) is 19.6. The van der Waals surface area contributed by atoms with E-state index in [1.807, 2.05) is 41.5 Å². The van der Waals surface area contributed by atoms with Gasteiger partial charge in [0, 0.05) is 25.2 Å². The summed E-state index contributed by atoms with van der Waals surface area (Å²) in [5, 5.41) is 3.13. The number of carbonyl (C=O) groups excluding carboxylic acids is 1. The summed E-state index contributed by atoms with van der Waals surface area (Å²) in [5.41, 5.74) is 5.31. The van der Waals surface area contributed by atoms with Crippen molar-refractivity contribution in [2.45, 2.75) is 59.1 Å². The standard InChI is InChI=1S/C15H30N4O2.HI/c1-14(2,3)18-12(16)17-9-11-7-8-19(10-11)13(20)21-15(4,5)6;/h11H,7-10H2,1-6H3,(H3,16,17,18);1H. The maximum Gasteiger partial charge on any atom is 0.410 e. The van der Waals surface area contributed by atoms with Gasteiger partial charge in [0.15, 0.2) is 5.96 Å². The minimum atomic E-state index is -0.450. The summed E-state index contributed by atoms with van der Waals surface area (Å²) in [4.78, 5) is 18.1. The van der Waals surface area contributed by atoms with Crippen molar-refractivity contribution in [3.8, 4) is 0 Å². The number of likely N-dealkylation sites (tertiary alicyclic amines) is 1. The van der Waals surface area contributed by atoms with Crippen LogP contribution in [0.2, 0.25) is 0 Å². The molecule has 6 nitrogen and oxygen atoms in total. The van der Waals surface area contributed by atoms with E-state index in [1.165, 1.54) is 0 Å². The summed E-state index contributed by atoms with van der Waals surface area (Å²) in [7, 11) is 0. The van der Waals surface area contributed by atoms with Crippen LogP contribution in [0.4, 0.5) is 4.79 Å². The summed E-state index contributed by atoms with van der Waals surface area (Å²) < 4.78 is 5.38. The van der Waals surface area contributed by atoms with E-state index >= 15 is 0 Å². The van der Waals surface area contributed by atoms with E-state index in [-0.39, 0.29) is 35.6 Å². The maximum atomic E-state index is 12.0. The van der Waals surface area contributed by atoms with Crippen molar-refractivity contribution in [3.63, 3.8) is 0 Å². The Kier molecular flexibility index (Phi) is 7.94. The second-order valence-electron chi connectivity index (χ2n) is 7.68. The molecule has 1 rings (SSSR count). The first-order valence-electron chi connectivity index (χ1n) is 7.52. The van der Waals surface area contributed by atoms with Crippen molar-refractivity contribution in [2.24, 2.45) is 16.6 Å². The summed E-state index contributed by atoms with van der Waals surface area (Å²) in [6.07, 6.45) is 0.695. The lowest BCUT2D eigenvalue weighted by Gasteiger charge is -2.24. The molecule has 22 heavy (non-hydrogen) atoms. The quantitative estimate of drug-likeness (QED) is 0.404. The van der Waals surface area contributed by atoms with Crippen molar-refractivity contribution >= 4 is 36.0 Å². The molecule has 3 N–H and O–H groups in total. The topological polar surface area (TPSA) is 80.0 Å². The molecule has 1 unspecified atom stereocenters. The first-order valence-corrected chi connectivity index (χ1v) is 7.52. The predicted octanol–water partition coefficient (Wildman–Crippen LogP) is 2.56. The third-order valence-electron chi connectivity index (χ3n) is 2.96. The smallest absolute Gasteiger partial charge is 0.410 e. The number of nitrogens with one attached hydrogen (secondary N) is 1. The lowest BCUT2D eigenvalue weighted by Crippen LogP contribution is -2.45. The number of nitrogens with two attached hydrogens (primary N) is 1. The molecule has 0 aliphatic carbocycles. The number of nitrogens with zero attached hydrogens (tertiary/aromatic N) is 2. The zero-order chi connectivity index (χ0) is 16.3. The van der Waals surface area contributed by atoms with E-state index in [0.717, 1.165) is 13.0 Å². The third kappa shape index (κ3) is 8.65. The number of ether oxygens (including phenoxy) is 1. The van der Waals surface area contributed by atoms with Crippen molar-refractivity contribution < 1.29 is 9.53 Å². The van der Waals surface area contributed by atoms with Gasteiger partial charge in [0.2, 0.25) is 0 Å². The van der Waals surface area contributed by atoms with Gasteiger partial charge in [-0.3, -0.25) is 4.99 Å². The van der Waals surface area contributed by atoms with Gasteiger partial charge in [0.1, 0.15) is 5.60 Å². The highest BCUT2D eigenvalue weighted by Crippen LogP contribution is 2.19. The molecule has 1 aliphatic heterocycles. The first kappa shape index (κ1) is 21.3. The van der Waals surface area contributed by atoms with Gasteiger partial charge < -0.3 is 20.7 Å². The fourth-order valence-corrected chi connectivity index (χ4v) is 2.13. The summed E-state index contributed by atoms with van der Waals surface area (Å²) >= 11 is 0. The van der Waals surface area contributed by atoms with Crippen molar-refractivity contribution in [1.82, 2.24) is 10.2 Å². The summed E-state index contributed by atoms with van der Waals surface area (Å²) in [6, 6.07) is 0. The van der Waals surface area contributed by atoms with Crippen LogP contribution >= 0.6 is 24.0 Å². The summed E-state index contributed by atoms with van der Waals surface area (Å²) in [6.45, 7) is 13.8. The number of hydrogen-bond acceptors (Lipinski definition) is 3. The van der Waals surface area contributed by atoms with Gasteiger partial charge in [0.25, 0.3) is 0 Å². The fraction of sp³-hybridized carbons (Fsp3) is 0.867. The predicted molar refractivity (Wildman–Crippen MR) is 101 cm³/mol. The van der Waals surface area contributed by atoms with Crippen LogP contribution in [0, 0.1) is 5.92 Å². The minimum Gasteiger partial charge on any atom is -0.444 e. The molecule has 1 amide bonds. The molecule has 130 valence electrons. The number of amides is 1. The Hall–Kier alpha value is -0.730. The highest BCUT2D eigenvalue weighted by molar-refractivity contribution is 14.0. The number of rotatable bonds is 2. The molecule has 0 radical (unpaired) electrons. The molecule has 1 atom stereocenters. The lowest BCUT2D eigenvalue weighted by atomic mass is 10.1. The van der Waals surface area contributed by atoms with Crippen LogP contribution in [0.15, 0.2) is 4.99 Å². The third-order valence-corrected chi connectivity index (χ3v) is 2.96. The Bertz CT molecular complexity index is 399. The van der Waals surface area contributed by atoms with Gasteiger partial charge in [-0.05, 0) is 53.9 Å². The SMILES string of the molecule is CC(C)(C)NC(N)=NCC1CCN(C(=O)OC(C)(C)C)C1.I. The molecule has 0 spiro atoms. The van der Waals surface area contributed by atoms with Gasteiger partial charge in [-0.1, -0.05) is 0 Å². The molecular formula is C15H31IN4O2. The number of guanidine groups is 1. The average molecular weight is 426 g/mol. The van der Waals surface area contributed by atoms with Crippen LogP contribution in [0.25, 0.3) is 0 Å². The molecule has 0 saturated carbocycles. The molecule has 1 fully saturated rings. The maximum absolute atomic E-state index is 12.0. The van der Waals surface area contributed by atoms with E-state index in [0.29, 0.717) is 25.0 Å². The second-order valence-corrected chi connectivity index (χ2v) is 7.68. The number of hydrogen-bond donors (Lipinski definition) is 2. The van der Waals surface area contributed by atoms with Crippen LogP contribution in [-0.4, -0.2) is 47.7 Å². The van der Waals surface area contributed by atoms with Crippen LogP contribution in [0.1, 0.15) is 48.0 Å². The van der Waals surface area contributed by atoms with E-state index < -0.39 is 5.60 Å². The summed E-state index contributed by atoms with van der Waals surface area (Å²) in [5.74, 6) is 0.802. The van der Waals surface area contributed by atoms with E-state index in [9.17, 15) is 4.79 Å². The molecule has 0 bridgehead atoms. The Morgan fingerprint density at radius 2 is 1.91 bits per heavy atom. The Balaban J connectivity index is 0.00000441. The highest BCUT2D eigenvalue weighted by atomic mass is 127. The zero-order valence-corrected chi connectivity index (χ0v) is 16.9.